The van der Waals surface area contributed by atoms with Crippen LogP contribution < -0.4 is 15.1 Å². The number of phenols is 1. The molecule has 1 aromatic heterocycles. The molecule has 3 aromatic carbocycles. The number of carbonyl (C=O) groups is 1. The van der Waals surface area contributed by atoms with Crippen molar-refractivity contribution in [1.29, 1.82) is 0 Å². The predicted octanol–water partition coefficient (Wildman–Crippen LogP) is 5.41. The molecule has 0 saturated heterocycles. The van der Waals surface area contributed by atoms with Gasteiger partial charge in [-0.25, -0.2) is 0 Å². The van der Waals surface area contributed by atoms with Crippen molar-refractivity contribution >= 4 is 38.5 Å². The van der Waals surface area contributed by atoms with Crippen molar-refractivity contribution in [2.45, 2.75) is 13.0 Å². The van der Waals surface area contributed by atoms with Crippen LogP contribution >= 0.6 is 15.9 Å². The lowest BCUT2D eigenvalue weighted by molar-refractivity contribution is 0.0971. The first-order valence-corrected chi connectivity index (χ1v) is 10.9. The second kappa shape index (κ2) is 7.84. The van der Waals surface area contributed by atoms with Crippen LogP contribution in [0.25, 0.3) is 11.0 Å². The lowest BCUT2D eigenvalue weighted by Gasteiger charge is -2.25. The number of benzene rings is 3. The Morgan fingerprint density at radius 1 is 1.06 bits per heavy atom. The van der Waals surface area contributed by atoms with Gasteiger partial charge in [0.1, 0.15) is 5.58 Å². The molecule has 1 unspecified atom stereocenters. The van der Waals surface area contributed by atoms with Gasteiger partial charge in [-0.2, -0.15) is 0 Å². The third kappa shape index (κ3) is 3.17. The minimum absolute atomic E-state index is 0.0131. The number of nitrogens with zero attached hydrogens (tertiary/aromatic N) is 1. The SMILES string of the molecule is CCOc1cc(C2c3c(oc4ccc(Br)cc4c3=O)C(=O)N2c2ccccc2)ccc1O. The van der Waals surface area contributed by atoms with E-state index < -0.39 is 11.9 Å². The summed E-state index contributed by atoms with van der Waals surface area (Å²) in [7, 11) is 0. The molecule has 7 heteroatoms. The zero-order chi connectivity index (χ0) is 22.4. The second-order valence-corrected chi connectivity index (χ2v) is 8.30. The van der Waals surface area contributed by atoms with Gasteiger partial charge in [0.25, 0.3) is 5.91 Å². The van der Waals surface area contributed by atoms with Gasteiger partial charge in [0.2, 0.25) is 5.76 Å². The van der Waals surface area contributed by atoms with Crippen molar-refractivity contribution in [3.8, 4) is 11.5 Å². The van der Waals surface area contributed by atoms with Crippen molar-refractivity contribution in [1.82, 2.24) is 0 Å². The average Bonchev–Trinajstić information content (AvgIpc) is 3.09. The Labute approximate surface area is 191 Å². The lowest BCUT2D eigenvalue weighted by Crippen LogP contribution is -2.29. The highest BCUT2D eigenvalue weighted by molar-refractivity contribution is 9.10. The fraction of sp³-hybridized carbons (Fsp3) is 0.120. The maximum Gasteiger partial charge on any atom is 0.295 e. The number of anilines is 1. The second-order valence-electron chi connectivity index (χ2n) is 7.39. The van der Waals surface area contributed by atoms with Crippen LogP contribution in [0.15, 0.2) is 80.4 Å². The van der Waals surface area contributed by atoms with Gasteiger partial charge in [-0.1, -0.05) is 40.2 Å². The monoisotopic (exact) mass is 491 g/mol. The van der Waals surface area contributed by atoms with Crippen LogP contribution in [-0.4, -0.2) is 17.6 Å². The van der Waals surface area contributed by atoms with Crippen LogP contribution in [0, 0.1) is 0 Å². The van der Waals surface area contributed by atoms with Gasteiger partial charge in [-0.05, 0) is 55.0 Å². The Morgan fingerprint density at radius 2 is 1.84 bits per heavy atom. The van der Waals surface area contributed by atoms with Gasteiger partial charge in [0, 0.05) is 10.2 Å². The molecule has 0 spiro atoms. The summed E-state index contributed by atoms with van der Waals surface area (Å²) in [6, 6.07) is 18.4. The predicted molar refractivity (Wildman–Crippen MR) is 125 cm³/mol. The molecule has 2 heterocycles. The Kier molecular flexibility index (Phi) is 4.98. The number of hydrogen-bond donors (Lipinski definition) is 1. The fourth-order valence-electron chi connectivity index (χ4n) is 4.09. The lowest BCUT2D eigenvalue weighted by atomic mass is 9.97. The summed E-state index contributed by atoms with van der Waals surface area (Å²) in [4.78, 5) is 28.7. The number of amides is 1. The first-order chi connectivity index (χ1) is 15.5. The summed E-state index contributed by atoms with van der Waals surface area (Å²) in [5, 5.41) is 10.6. The maximum atomic E-state index is 13.6. The molecule has 1 amide bonds. The number of ether oxygens (including phenoxy) is 1. The molecule has 0 fully saturated rings. The Bertz CT molecular complexity index is 1410. The molecule has 32 heavy (non-hydrogen) atoms. The van der Waals surface area contributed by atoms with Gasteiger partial charge < -0.3 is 14.3 Å². The number of para-hydroxylation sites is 1. The minimum atomic E-state index is -0.737. The van der Waals surface area contributed by atoms with Crippen LogP contribution in [0.5, 0.6) is 11.5 Å². The molecule has 0 radical (unpaired) electrons. The Hall–Kier alpha value is -3.58. The quantitative estimate of drug-likeness (QED) is 0.412. The van der Waals surface area contributed by atoms with Crippen molar-refractivity contribution in [3.63, 3.8) is 0 Å². The molecule has 1 atom stereocenters. The minimum Gasteiger partial charge on any atom is -0.504 e. The number of hydrogen-bond acceptors (Lipinski definition) is 5. The zero-order valence-corrected chi connectivity index (χ0v) is 18.6. The zero-order valence-electron chi connectivity index (χ0n) is 17.0. The van der Waals surface area contributed by atoms with E-state index in [-0.39, 0.29) is 28.3 Å². The van der Waals surface area contributed by atoms with E-state index in [9.17, 15) is 14.7 Å². The van der Waals surface area contributed by atoms with Gasteiger partial charge in [-0.3, -0.25) is 14.5 Å². The van der Waals surface area contributed by atoms with E-state index in [4.69, 9.17) is 9.15 Å². The topological polar surface area (TPSA) is 80.0 Å². The largest absolute Gasteiger partial charge is 0.504 e. The molecule has 0 aliphatic carbocycles. The van der Waals surface area contributed by atoms with Crippen LogP contribution in [0.3, 0.4) is 0 Å². The molecule has 1 aliphatic rings. The van der Waals surface area contributed by atoms with Gasteiger partial charge in [0.15, 0.2) is 16.9 Å². The van der Waals surface area contributed by atoms with Crippen molar-refractivity contribution in [2.75, 3.05) is 11.5 Å². The molecular weight excluding hydrogens is 474 g/mol. The number of phenolic OH excluding ortho intramolecular Hbond substituents is 1. The van der Waals surface area contributed by atoms with Gasteiger partial charge in [0.05, 0.1) is 23.6 Å². The third-order valence-corrected chi connectivity index (χ3v) is 5.96. The molecular formula is C25H18BrNO5. The summed E-state index contributed by atoms with van der Waals surface area (Å²) in [6.07, 6.45) is 0. The number of rotatable bonds is 4. The first-order valence-electron chi connectivity index (χ1n) is 10.1. The molecule has 0 saturated carbocycles. The molecule has 6 nitrogen and oxygen atoms in total. The van der Waals surface area contributed by atoms with Crippen molar-refractivity contribution in [3.05, 3.63) is 98.3 Å². The van der Waals surface area contributed by atoms with Gasteiger partial charge in [-0.15, -0.1) is 0 Å². The van der Waals surface area contributed by atoms with Crippen molar-refractivity contribution < 1.29 is 19.1 Å². The highest BCUT2D eigenvalue weighted by Crippen LogP contribution is 2.43. The average molecular weight is 492 g/mol. The van der Waals surface area contributed by atoms with E-state index in [1.54, 1.807) is 47.4 Å². The van der Waals surface area contributed by atoms with Crippen LogP contribution in [0.1, 0.15) is 34.6 Å². The summed E-state index contributed by atoms with van der Waals surface area (Å²) >= 11 is 3.40. The van der Waals surface area contributed by atoms with E-state index in [0.717, 1.165) is 4.47 Å². The number of carbonyl (C=O) groups excluding carboxylic acids is 1. The molecule has 1 N–H and O–H groups in total. The maximum absolute atomic E-state index is 13.6. The highest BCUT2D eigenvalue weighted by Gasteiger charge is 2.43. The molecule has 160 valence electrons. The summed E-state index contributed by atoms with van der Waals surface area (Å²) in [5.41, 5.74) is 1.59. The standard InChI is InChI=1S/C25H18BrNO5/c1-2-31-20-12-14(8-10-18(20)28)22-21-23(29)17-13-15(26)9-11-19(17)32-24(21)25(30)27(22)16-6-4-3-5-7-16/h3-13,22,28H,2H2,1H3. The molecule has 0 bridgehead atoms. The van der Waals surface area contributed by atoms with Crippen LogP contribution in [0.2, 0.25) is 0 Å². The molecule has 1 aliphatic heterocycles. The molecule has 5 rings (SSSR count). The number of fused-ring (bicyclic) bond motifs is 2. The summed E-state index contributed by atoms with van der Waals surface area (Å²) in [6.45, 7) is 2.18. The van der Waals surface area contributed by atoms with Crippen LogP contribution in [0.4, 0.5) is 5.69 Å². The van der Waals surface area contributed by atoms with E-state index in [2.05, 4.69) is 15.9 Å². The number of aromatic hydroxyl groups is 1. The first kappa shape index (κ1) is 20.3. The number of halogens is 1. The third-order valence-electron chi connectivity index (χ3n) is 5.47. The molecule has 4 aromatic rings. The van der Waals surface area contributed by atoms with Crippen LogP contribution in [-0.2, 0) is 0 Å². The van der Waals surface area contributed by atoms with E-state index in [1.165, 1.54) is 6.07 Å². The van der Waals surface area contributed by atoms with E-state index in [0.29, 0.717) is 28.8 Å². The normalized spacial score (nSPS) is 15.2. The Balaban J connectivity index is 1.81. The fourth-order valence-corrected chi connectivity index (χ4v) is 4.45. The smallest absolute Gasteiger partial charge is 0.295 e. The van der Waals surface area contributed by atoms with Gasteiger partial charge >= 0.3 is 0 Å². The van der Waals surface area contributed by atoms with Crippen molar-refractivity contribution in [2.24, 2.45) is 0 Å². The Morgan fingerprint density at radius 3 is 2.59 bits per heavy atom. The highest BCUT2D eigenvalue weighted by atomic mass is 79.9. The van der Waals surface area contributed by atoms with E-state index >= 15 is 0 Å². The summed E-state index contributed by atoms with van der Waals surface area (Å²) in [5.74, 6) is -0.110. The van der Waals surface area contributed by atoms with E-state index in [1.807, 2.05) is 25.1 Å². The summed E-state index contributed by atoms with van der Waals surface area (Å²) < 4.78 is 12.2.